The molecule has 222 valence electrons. The standard InChI is InChI=1S/C32H24FN3O7S/c1-17-25(43-32(39)42-17)15-41-29-24(37)8-10-35-28(29)31(38)34-11-12-40-16-26(34)36(35)27-19-4-2-3-5-21(19)30-22(9-13-44-30)23-14-18(33)6-7-20(23)27/h2-10,13-14,26-27H,11-12,15-16H2,1H3/t26-,27?/m1/s1. The molecule has 1 fully saturated rings. The molecule has 5 heterocycles. The summed E-state index contributed by atoms with van der Waals surface area (Å²) in [5, 5.41) is 4.01. The minimum Gasteiger partial charge on any atom is -0.479 e. The van der Waals surface area contributed by atoms with Crippen molar-refractivity contribution >= 4 is 17.2 Å². The Morgan fingerprint density at radius 1 is 1.00 bits per heavy atom. The average molecular weight is 614 g/mol. The summed E-state index contributed by atoms with van der Waals surface area (Å²) in [4.78, 5) is 41.7. The summed E-state index contributed by atoms with van der Waals surface area (Å²) in [5.41, 5.74) is 3.95. The summed E-state index contributed by atoms with van der Waals surface area (Å²) in [5.74, 6) is -1.50. The van der Waals surface area contributed by atoms with Crippen LogP contribution in [0.4, 0.5) is 4.39 Å². The second-order valence-corrected chi connectivity index (χ2v) is 11.7. The number of hydrogen-bond donors (Lipinski definition) is 0. The van der Waals surface area contributed by atoms with Gasteiger partial charge in [-0.05, 0) is 52.8 Å². The van der Waals surface area contributed by atoms with Crippen LogP contribution in [0.1, 0.15) is 39.2 Å². The minimum atomic E-state index is -0.887. The maximum atomic E-state index is 14.9. The predicted octanol–water partition coefficient (Wildman–Crippen LogP) is 4.67. The van der Waals surface area contributed by atoms with Gasteiger partial charge in [0, 0.05) is 29.2 Å². The van der Waals surface area contributed by atoms with Gasteiger partial charge in [-0.3, -0.25) is 19.3 Å². The van der Waals surface area contributed by atoms with Crippen molar-refractivity contribution in [1.29, 1.82) is 0 Å². The van der Waals surface area contributed by atoms with Crippen molar-refractivity contribution in [2.75, 3.05) is 24.8 Å². The second-order valence-electron chi connectivity index (χ2n) is 10.7. The molecule has 0 bridgehead atoms. The highest BCUT2D eigenvalue weighted by Crippen LogP contribution is 2.50. The molecule has 1 amide bonds. The fourth-order valence-corrected chi connectivity index (χ4v) is 7.39. The zero-order chi connectivity index (χ0) is 30.1. The summed E-state index contributed by atoms with van der Waals surface area (Å²) in [6.07, 6.45) is 1.00. The third-order valence-electron chi connectivity index (χ3n) is 8.37. The van der Waals surface area contributed by atoms with E-state index >= 15 is 0 Å². The van der Waals surface area contributed by atoms with Crippen LogP contribution in [-0.2, 0) is 11.3 Å². The molecule has 5 aromatic rings. The quantitative estimate of drug-likeness (QED) is 0.288. The number of thiophene rings is 1. The van der Waals surface area contributed by atoms with Crippen LogP contribution in [0.15, 0.2) is 84.6 Å². The number of morpholine rings is 1. The molecule has 3 aromatic heterocycles. The number of benzene rings is 2. The van der Waals surface area contributed by atoms with Gasteiger partial charge in [-0.2, -0.15) is 0 Å². The summed E-state index contributed by atoms with van der Waals surface area (Å²) >= 11 is 1.58. The number of carbonyl (C=O) groups excluding carboxylic acids is 1. The molecule has 1 aliphatic carbocycles. The third kappa shape index (κ3) is 3.98. The number of aryl methyl sites for hydroxylation is 1. The lowest BCUT2D eigenvalue weighted by atomic mass is 9.92. The summed E-state index contributed by atoms with van der Waals surface area (Å²) in [6.45, 7) is 2.08. The molecule has 3 aliphatic rings. The molecule has 10 nitrogen and oxygen atoms in total. The van der Waals surface area contributed by atoms with Gasteiger partial charge < -0.3 is 23.2 Å². The predicted molar refractivity (Wildman–Crippen MR) is 158 cm³/mol. The topological polar surface area (TPSA) is 107 Å². The molecule has 2 atom stereocenters. The number of carbonyl (C=O) groups is 1. The first-order valence-electron chi connectivity index (χ1n) is 14.0. The van der Waals surface area contributed by atoms with E-state index in [1.54, 1.807) is 46.2 Å². The van der Waals surface area contributed by atoms with Crippen molar-refractivity contribution in [2.45, 2.75) is 25.7 Å². The van der Waals surface area contributed by atoms with E-state index in [1.807, 2.05) is 40.7 Å². The average Bonchev–Trinajstić information content (AvgIpc) is 3.62. The van der Waals surface area contributed by atoms with E-state index in [0.717, 1.165) is 32.7 Å². The smallest absolute Gasteiger partial charge is 0.479 e. The number of pyridine rings is 1. The number of amides is 1. The van der Waals surface area contributed by atoms with Gasteiger partial charge in [0.25, 0.3) is 5.91 Å². The Bertz CT molecular complexity index is 2080. The van der Waals surface area contributed by atoms with Crippen LogP contribution in [0.3, 0.4) is 0 Å². The fourth-order valence-electron chi connectivity index (χ4n) is 6.43. The largest absolute Gasteiger partial charge is 0.519 e. The first-order chi connectivity index (χ1) is 21.4. The second kappa shape index (κ2) is 10.1. The van der Waals surface area contributed by atoms with Gasteiger partial charge in [-0.15, -0.1) is 11.3 Å². The van der Waals surface area contributed by atoms with Crippen molar-refractivity contribution in [1.82, 2.24) is 9.58 Å². The van der Waals surface area contributed by atoms with Crippen LogP contribution >= 0.6 is 11.3 Å². The summed E-state index contributed by atoms with van der Waals surface area (Å²) in [7, 11) is 0. The van der Waals surface area contributed by atoms with Crippen LogP contribution < -0.4 is 21.0 Å². The number of nitrogens with zero attached hydrogens (tertiary/aromatic N) is 3. The van der Waals surface area contributed by atoms with Crippen LogP contribution in [0.2, 0.25) is 0 Å². The van der Waals surface area contributed by atoms with E-state index < -0.39 is 29.4 Å². The molecular formula is C32H24FN3O7S. The Morgan fingerprint density at radius 2 is 1.84 bits per heavy atom. The molecule has 2 aromatic carbocycles. The molecule has 0 N–H and O–H groups in total. The number of fused-ring (bicyclic) bond motifs is 7. The van der Waals surface area contributed by atoms with Crippen LogP contribution in [0.25, 0.3) is 21.6 Å². The SMILES string of the molecule is Cc1oc(=O)oc1COc1c2n(ccc1=O)N(C1c3ccc(F)cc3-c3ccsc3-c3ccccc31)[C@@H]1COCCN1C2=O. The number of aromatic nitrogens is 1. The maximum absolute atomic E-state index is 14.9. The van der Waals surface area contributed by atoms with E-state index in [9.17, 15) is 18.8 Å². The van der Waals surface area contributed by atoms with Gasteiger partial charge >= 0.3 is 5.82 Å². The normalized spacial score (nSPS) is 18.5. The van der Waals surface area contributed by atoms with Gasteiger partial charge in [0.05, 0.1) is 19.3 Å². The molecule has 0 spiro atoms. The number of halogens is 1. The van der Waals surface area contributed by atoms with Gasteiger partial charge in [0.2, 0.25) is 5.43 Å². The molecular weight excluding hydrogens is 589 g/mol. The fraction of sp³-hybridized carbons (Fsp3) is 0.219. The molecule has 8 rings (SSSR count). The lowest BCUT2D eigenvalue weighted by Gasteiger charge is -2.51. The van der Waals surface area contributed by atoms with Crippen LogP contribution in [0, 0.1) is 12.7 Å². The van der Waals surface area contributed by atoms with E-state index in [1.165, 1.54) is 12.1 Å². The van der Waals surface area contributed by atoms with E-state index in [0.29, 0.717) is 6.61 Å². The Labute approximate surface area is 253 Å². The molecule has 1 saturated heterocycles. The zero-order valence-corrected chi connectivity index (χ0v) is 24.1. The molecule has 2 aliphatic heterocycles. The number of hydrogen-bond acceptors (Lipinski definition) is 9. The Balaban J connectivity index is 1.37. The zero-order valence-electron chi connectivity index (χ0n) is 23.3. The van der Waals surface area contributed by atoms with Crippen molar-refractivity contribution in [3.63, 3.8) is 0 Å². The van der Waals surface area contributed by atoms with Gasteiger partial charge in [0.1, 0.15) is 18.6 Å². The molecule has 1 unspecified atom stereocenters. The molecule has 0 radical (unpaired) electrons. The molecule has 0 saturated carbocycles. The van der Waals surface area contributed by atoms with Crippen molar-refractivity contribution in [2.24, 2.45) is 0 Å². The Hall–Kier alpha value is -4.94. The lowest BCUT2D eigenvalue weighted by Crippen LogP contribution is -2.66. The van der Waals surface area contributed by atoms with E-state index in [4.69, 9.17) is 18.3 Å². The van der Waals surface area contributed by atoms with Gasteiger partial charge in [-0.1, -0.05) is 30.3 Å². The Morgan fingerprint density at radius 3 is 2.68 bits per heavy atom. The van der Waals surface area contributed by atoms with Crippen LogP contribution in [0.5, 0.6) is 5.75 Å². The van der Waals surface area contributed by atoms with Crippen molar-refractivity contribution in [3.05, 3.63) is 121 Å². The van der Waals surface area contributed by atoms with Gasteiger partial charge in [-0.25, -0.2) is 9.18 Å². The highest BCUT2D eigenvalue weighted by Gasteiger charge is 2.46. The molecule has 44 heavy (non-hydrogen) atoms. The van der Waals surface area contributed by atoms with E-state index in [2.05, 4.69) is 0 Å². The summed E-state index contributed by atoms with van der Waals surface area (Å²) < 4.78 is 38.4. The summed E-state index contributed by atoms with van der Waals surface area (Å²) in [6, 6.07) is 15.6. The van der Waals surface area contributed by atoms with Crippen LogP contribution in [-0.4, -0.2) is 41.4 Å². The first kappa shape index (κ1) is 26.7. The van der Waals surface area contributed by atoms with Gasteiger partial charge in [0.15, 0.2) is 23.0 Å². The van der Waals surface area contributed by atoms with Crippen molar-refractivity contribution < 1.29 is 27.5 Å². The molecule has 12 heteroatoms. The highest BCUT2D eigenvalue weighted by atomic mass is 32.1. The Kier molecular flexibility index (Phi) is 6.10. The lowest BCUT2D eigenvalue weighted by molar-refractivity contribution is -0.0198. The van der Waals surface area contributed by atoms with E-state index in [-0.39, 0.29) is 48.5 Å². The highest BCUT2D eigenvalue weighted by molar-refractivity contribution is 7.14. The maximum Gasteiger partial charge on any atom is 0.519 e. The number of rotatable bonds is 4. The number of ether oxygens (including phenoxy) is 2. The minimum absolute atomic E-state index is 0.0271. The third-order valence-corrected chi connectivity index (χ3v) is 9.32. The monoisotopic (exact) mass is 613 g/mol. The first-order valence-corrected chi connectivity index (χ1v) is 14.9. The van der Waals surface area contributed by atoms with Crippen molar-refractivity contribution in [3.8, 4) is 27.3 Å².